The molecule has 2 saturated heterocycles. The Morgan fingerprint density at radius 2 is 1.88 bits per heavy atom. The normalized spacial score (nSPS) is 33.0. The Hall–Kier alpha value is -0.890. The van der Waals surface area contributed by atoms with Crippen LogP contribution >= 0.6 is 0 Å². The van der Waals surface area contributed by atoms with Crippen LogP contribution in [0.15, 0.2) is 18.2 Å². The largest absolute Gasteiger partial charge is 0.311 e. The van der Waals surface area contributed by atoms with E-state index in [2.05, 4.69) is 12.2 Å². The van der Waals surface area contributed by atoms with Crippen LogP contribution in [0.1, 0.15) is 42.7 Å². The number of rotatable bonds is 1. The topological polar surface area (TPSA) is 12.0 Å². The fourth-order valence-corrected chi connectivity index (χ4v) is 3.36. The maximum absolute atomic E-state index is 13.3. The quantitative estimate of drug-likeness (QED) is 0.765. The number of hydrogen-bond donors (Lipinski definition) is 1. The molecule has 0 saturated carbocycles. The van der Waals surface area contributed by atoms with E-state index in [0.717, 1.165) is 0 Å². The van der Waals surface area contributed by atoms with Gasteiger partial charge in [-0.1, -0.05) is 6.07 Å². The van der Waals surface area contributed by atoms with Gasteiger partial charge in [0.2, 0.25) is 0 Å². The second-order valence-electron chi connectivity index (χ2n) is 5.31. The molecular formula is C14H18FN. The van der Waals surface area contributed by atoms with E-state index in [1.165, 1.54) is 36.8 Å². The number of fused-ring (bicyclic) bond motifs is 2. The fraction of sp³-hybridized carbons (Fsp3) is 0.571. The number of hydrogen-bond acceptors (Lipinski definition) is 1. The summed E-state index contributed by atoms with van der Waals surface area (Å²) < 4.78 is 13.3. The first kappa shape index (κ1) is 10.3. The third-order valence-electron chi connectivity index (χ3n) is 4.15. The molecule has 0 radical (unpaired) electrons. The zero-order valence-electron chi connectivity index (χ0n) is 9.67. The zero-order chi connectivity index (χ0) is 11.1. The van der Waals surface area contributed by atoms with Crippen LogP contribution in [0.4, 0.5) is 4.39 Å². The highest BCUT2D eigenvalue weighted by molar-refractivity contribution is 5.31. The average molecular weight is 219 g/mol. The molecule has 1 nitrogen and oxygen atoms in total. The van der Waals surface area contributed by atoms with E-state index in [0.29, 0.717) is 18.0 Å². The van der Waals surface area contributed by atoms with Gasteiger partial charge in [-0.15, -0.1) is 0 Å². The van der Waals surface area contributed by atoms with Crippen molar-refractivity contribution in [1.29, 1.82) is 0 Å². The third-order valence-corrected chi connectivity index (χ3v) is 4.15. The van der Waals surface area contributed by atoms with Crippen LogP contribution in [0.3, 0.4) is 0 Å². The molecule has 86 valence electrons. The minimum Gasteiger partial charge on any atom is -0.311 e. The lowest BCUT2D eigenvalue weighted by Crippen LogP contribution is -2.37. The lowest BCUT2D eigenvalue weighted by atomic mass is 9.84. The molecule has 2 unspecified atom stereocenters. The molecule has 2 aliphatic heterocycles. The van der Waals surface area contributed by atoms with E-state index < -0.39 is 0 Å². The van der Waals surface area contributed by atoms with Gasteiger partial charge in [-0.05, 0) is 61.8 Å². The second kappa shape index (κ2) is 3.85. The van der Waals surface area contributed by atoms with Crippen LogP contribution in [-0.4, -0.2) is 12.1 Å². The van der Waals surface area contributed by atoms with Crippen LogP contribution in [0.25, 0.3) is 0 Å². The first-order chi connectivity index (χ1) is 7.72. The van der Waals surface area contributed by atoms with Crippen molar-refractivity contribution in [3.05, 3.63) is 35.1 Å². The Labute approximate surface area is 96.1 Å². The predicted octanol–water partition coefficient (Wildman–Crippen LogP) is 3.13. The van der Waals surface area contributed by atoms with E-state index in [4.69, 9.17) is 0 Å². The summed E-state index contributed by atoms with van der Waals surface area (Å²) in [4.78, 5) is 0. The molecule has 3 rings (SSSR count). The maximum atomic E-state index is 13.3. The molecule has 1 N–H and O–H groups in total. The Bertz CT molecular complexity index is 390. The highest BCUT2D eigenvalue weighted by Crippen LogP contribution is 2.38. The van der Waals surface area contributed by atoms with Crippen LogP contribution in [0, 0.1) is 12.7 Å². The predicted molar refractivity (Wildman–Crippen MR) is 63.1 cm³/mol. The van der Waals surface area contributed by atoms with Gasteiger partial charge in [-0.25, -0.2) is 4.39 Å². The standard InChI is InChI=1S/C14H18FN/c1-9-2-3-11(15)8-14(9)10-6-12-4-5-13(7-10)16-12/h2-3,8,10,12-13,16H,4-7H2,1H3. The highest BCUT2D eigenvalue weighted by Gasteiger charge is 2.34. The van der Waals surface area contributed by atoms with Gasteiger partial charge in [-0.2, -0.15) is 0 Å². The second-order valence-corrected chi connectivity index (χ2v) is 5.31. The van der Waals surface area contributed by atoms with Crippen molar-refractivity contribution in [2.75, 3.05) is 0 Å². The monoisotopic (exact) mass is 219 g/mol. The molecule has 2 bridgehead atoms. The molecule has 2 heterocycles. The van der Waals surface area contributed by atoms with Crippen LogP contribution in [0.5, 0.6) is 0 Å². The Morgan fingerprint density at radius 3 is 2.56 bits per heavy atom. The Kier molecular flexibility index (Phi) is 2.47. The molecule has 16 heavy (non-hydrogen) atoms. The summed E-state index contributed by atoms with van der Waals surface area (Å²) in [6, 6.07) is 6.56. The summed E-state index contributed by atoms with van der Waals surface area (Å²) in [5.41, 5.74) is 2.48. The molecule has 0 aromatic heterocycles. The molecule has 2 atom stereocenters. The first-order valence-electron chi connectivity index (χ1n) is 6.24. The van der Waals surface area contributed by atoms with E-state index in [1.54, 1.807) is 12.1 Å². The van der Waals surface area contributed by atoms with Crippen molar-refractivity contribution in [3.8, 4) is 0 Å². The highest BCUT2D eigenvalue weighted by atomic mass is 19.1. The van der Waals surface area contributed by atoms with Crippen molar-refractivity contribution >= 4 is 0 Å². The van der Waals surface area contributed by atoms with Crippen molar-refractivity contribution in [2.24, 2.45) is 0 Å². The number of halogens is 1. The summed E-state index contributed by atoms with van der Waals surface area (Å²) in [6.07, 6.45) is 4.96. The molecule has 2 fully saturated rings. The van der Waals surface area contributed by atoms with Crippen LogP contribution in [-0.2, 0) is 0 Å². The minimum absolute atomic E-state index is 0.0912. The van der Waals surface area contributed by atoms with E-state index in [-0.39, 0.29) is 5.82 Å². The van der Waals surface area contributed by atoms with Crippen molar-refractivity contribution in [3.63, 3.8) is 0 Å². The first-order valence-corrected chi connectivity index (χ1v) is 6.24. The van der Waals surface area contributed by atoms with Gasteiger partial charge >= 0.3 is 0 Å². The molecular weight excluding hydrogens is 201 g/mol. The smallest absolute Gasteiger partial charge is 0.123 e. The van der Waals surface area contributed by atoms with Crippen molar-refractivity contribution < 1.29 is 4.39 Å². The molecule has 2 aliphatic rings. The molecule has 0 amide bonds. The summed E-state index contributed by atoms with van der Waals surface area (Å²) in [7, 11) is 0. The van der Waals surface area contributed by atoms with Crippen molar-refractivity contribution in [1.82, 2.24) is 5.32 Å². The van der Waals surface area contributed by atoms with Gasteiger partial charge in [0.05, 0.1) is 0 Å². The molecule has 1 aromatic carbocycles. The summed E-state index contributed by atoms with van der Waals surface area (Å²) in [5, 5.41) is 3.63. The third kappa shape index (κ3) is 1.75. The average Bonchev–Trinajstić information content (AvgIpc) is 2.61. The van der Waals surface area contributed by atoms with E-state index in [9.17, 15) is 4.39 Å². The number of piperidine rings is 1. The Balaban J connectivity index is 1.89. The zero-order valence-corrected chi connectivity index (χ0v) is 9.67. The van der Waals surface area contributed by atoms with Gasteiger partial charge < -0.3 is 5.32 Å². The number of benzene rings is 1. The molecule has 2 heteroatoms. The SMILES string of the molecule is Cc1ccc(F)cc1C1CC2CCC(C1)N2. The van der Waals surface area contributed by atoms with Gasteiger partial charge in [0.1, 0.15) is 5.82 Å². The van der Waals surface area contributed by atoms with Gasteiger partial charge in [0, 0.05) is 12.1 Å². The summed E-state index contributed by atoms with van der Waals surface area (Å²) in [6.45, 7) is 2.10. The van der Waals surface area contributed by atoms with E-state index in [1.807, 2.05) is 6.07 Å². The van der Waals surface area contributed by atoms with E-state index >= 15 is 0 Å². The lowest BCUT2D eigenvalue weighted by Gasteiger charge is -2.30. The van der Waals surface area contributed by atoms with Crippen molar-refractivity contribution in [2.45, 2.75) is 50.6 Å². The molecule has 0 spiro atoms. The minimum atomic E-state index is -0.0912. The van der Waals surface area contributed by atoms with Crippen LogP contribution in [0.2, 0.25) is 0 Å². The maximum Gasteiger partial charge on any atom is 0.123 e. The van der Waals surface area contributed by atoms with Gasteiger partial charge in [0.25, 0.3) is 0 Å². The summed E-state index contributed by atoms with van der Waals surface area (Å²) >= 11 is 0. The molecule has 0 aliphatic carbocycles. The molecule has 1 aromatic rings. The van der Waals surface area contributed by atoms with Gasteiger partial charge in [-0.3, -0.25) is 0 Å². The van der Waals surface area contributed by atoms with Crippen LogP contribution < -0.4 is 5.32 Å². The lowest BCUT2D eigenvalue weighted by molar-refractivity contribution is 0.362. The Morgan fingerprint density at radius 1 is 1.19 bits per heavy atom. The van der Waals surface area contributed by atoms with Gasteiger partial charge in [0.15, 0.2) is 0 Å². The number of aryl methyl sites for hydroxylation is 1. The fourth-order valence-electron chi connectivity index (χ4n) is 3.36. The number of nitrogens with one attached hydrogen (secondary N) is 1. The summed E-state index contributed by atoms with van der Waals surface area (Å²) in [5.74, 6) is 0.473.